The van der Waals surface area contributed by atoms with Crippen molar-refractivity contribution in [2.24, 2.45) is 0 Å². The number of ether oxygens (including phenoxy) is 1. The van der Waals surface area contributed by atoms with E-state index in [0.29, 0.717) is 31.8 Å². The minimum absolute atomic E-state index is 0.123. The average Bonchev–Trinajstić information content (AvgIpc) is 2.77. The zero-order valence-corrected chi connectivity index (χ0v) is 16.2. The fourth-order valence-corrected chi connectivity index (χ4v) is 3.40. The van der Waals surface area contributed by atoms with Gasteiger partial charge in [-0.15, -0.1) is 0 Å². The maximum Gasteiger partial charge on any atom is 0.347 e. The fraction of sp³-hybridized carbons (Fsp3) is 0.250. The number of morpholine rings is 1. The van der Waals surface area contributed by atoms with Gasteiger partial charge in [0.2, 0.25) is 0 Å². The Balaban J connectivity index is 1.50. The molecule has 0 aliphatic carbocycles. The maximum absolute atomic E-state index is 12.5. The first-order valence-corrected chi connectivity index (χ1v) is 9.83. The number of hydrogen-bond donors (Lipinski definition) is 0. The quantitative estimate of drug-likeness (QED) is 0.364. The molecule has 0 saturated carbocycles. The van der Waals surface area contributed by atoms with Gasteiger partial charge in [0.25, 0.3) is 0 Å². The number of ketones is 1. The van der Waals surface area contributed by atoms with Crippen molar-refractivity contribution in [3.05, 3.63) is 81.7 Å². The summed E-state index contributed by atoms with van der Waals surface area (Å²) in [6.07, 6.45) is 4.27. The third kappa shape index (κ3) is 4.88. The molecule has 0 bridgehead atoms. The van der Waals surface area contributed by atoms with Gasteiger partial charge < -0.3 is 9.15 Å². The van der Waals surface area contributed by atoms with E-state index in [9.17, 15) is 9.59 Å². The van der Waals surface area contributed by atoms with Gasteiger partial charge in [-0.25, -0.2) is 4.79 Å². The van der Waals surface area contributed by atoms with Crippen LogP contribution in [0.1, 0.15) is 27.9 Å². The maximum atomic E-state index is 12.5. The van der Waals surface area contributed by atoms with Crippen LogP contribution >= 0.6 is 0 Å². The summed E-state index contributed by atoms with van der Waals surface area (Å²) in [6, 6.07) is 17.3. The molecule has 1 aromatic heterocycles. The van der Waals surface area contributed by atoms with Crippen LogP contribution < -0.4 is 5.63 Å². The highest BCUT2D eigenvalue weighted by atomic mass is 16.5. The first kappa shape index (κ1) is 19.3. The molecule has 5 nitrogen and oxygen atoms in total. The van der Waals surface area contributed by atoms with E-state index in [1.54, 1.807) is 6.07 Å². The minimum atomic E-state index is -0.575. The van der Waals surface area contributed by atoms with Gasteiger partial charge in [-0.2, -0.15) is 0 Å². The molecule has 0 N–H and O–H groups in total. The van der Waals surface area contributed by atoms with Crippen LogP contribution in [-0.4, -0.2) is 43.5 Å². The molecule has 3 aromatic rings. The lowest BCUT2D eigenvalue weighted by molar-refractivity contribution is 0.0370. The van der Waals surface area contributed by atoms with Crippen molar-refractivity contribution in [1.82, 2.24) is 4.90 Å². The Kier molecular flexibility index (Phi) is 5.98. The lowest BCUT2D eigenvalue weighted by atomic mass is 10.1. The molecule has 4 rings (SSSR count). The SMILES string of the molecule is O=C(CCN1CCOCC1)c1cc2ccc(C=Cc3ccccc3)cc2oc1=O. The van der Waals surface area contributed by atoms with Gasteiger partial charge in [-0.3, -0.25) is 9.69 Å². The van der Waals surface area contributed by atoms with E-state index in [-0.39, 0.29) is 11.3 Å². The molecule has 1 saturated heterocycles. The van der Waals surface area contributed by atoms with E-state index in [1.165, 1.54) is 0 Å². The number of benzene rings is 2. The van der Waals surface area contributed by atoms with E-state index in [2.05, 4.69) is 4.90 Å². The molecule has 0 unspecified atom stereocenters. The lowest BCUT2D eigenvalue weighted by Crippen LogP contribution is -2.37. The summed E-state index contributed by atoms with van der Waals surface area (Å²) in [5, 5.41) is 0.746. The summed E-state index contributed by atoms with van der Waals surface area (Å²) in [7, 11) is 0. The number of carbonyl (C=O) groups excluding carboxylic acids is 1. The van der Waals surface area contributed by atoms with Crippen molar-refractivity contribution in [2.75, 3.05) is 32.8 Å². The van der Waals surface area contributed by atoms with Crippen molar-refractivity contribution >= 4 is 28.9 Å². The molecule has 29 heavy (non-hydrogen) atoms. The fourth-order valence-electron chi connectivity index (χ4n) is 3.40. The molecular formula is C24H23NO4. The molecule has 0 radical (unpaired) electrons. The van der Waals surface area contributed by atoms with E-state index >= 15 is 0 Å². The van der Waals surface area contributed by atoms with Crippen molar-refractivity contribution in [3.8, 4) is 0 Å². The molecule has 0 atom stereocenters. The molecule has 1 aliphatic heterocycles. The van der Waals surface area contributed by atoms with Crippen LogP contribution in [0.2, 0.25) is 0 Å². The van der Waals surface area contributed by atoms with Crippen LogP contribution in [0.15, 0.2) is 63.8 Å². The zero-order chi connectivity index (χ0) is 20.1. The van der Waals surface area contributed by atoms with E-state index in [0.717, 1.165) is 29.6 Å². The number of rotatable bonds is 6. The highest BCUT2D eigenvalue weighted by molar-refractivity contribution is 5.98. The Morgan fingerprint density at radius 1 is 0.966 bits per heavy atom. The van der Waals surface area contributed by atoms with Gasteiger partial charge in [-0.1, -0.05) is 54.6 Å². The van der Waals surface area contributed by atoms with Gasteiger partial charge in [-0.05, 0) is 23.3 Å². The minimum Gasteiger partial charge on any atom is -0.422 e. The Morgan fingerprint density at radius 2 is 1.72 bits per heavy atom. The Bertz CT molecular complexity index is 1080. The van der Waals surface area contributed by atoms with Gasteiger partial charge in [0.15, 0.2) is 5.78 Å². The van der Waals surface area contributed by atoms with Crippen molar-refractivity contribution in [3.63, 3.8) is 0 Å². The van der Waals surface area contributed by atoms with Gasteiger partial charge in [0.1, 0.15) is 11.1 Å². The van der Waals surface area contributed by atoms with Gasteiger partial charge >= 0.3 is 5.63 Å². The van der Waals surface area contributed by atoms with Crippen molar-refractivity contribution in [2.45, 2.75) is 6.42 Å². The zero-order valence-electron chi connectivity index (χ0n) is 16.2. The standard InChI is InChI=1S/C24H23NO4/c26-22(10-11-25-12-14-28-15-13-25)21-17-20-9-8-19(16-23(20)29-24(21)27)7-6-18-4-2-1-3-5-18/h1-9,16-17H,10-15H2. The van der Waals surface area contributed by atoms with Gasteiger partial charge in [0, 0.05) is 31.4 Å². The highest BCUT2D eigenvalue weighted by Crippen LogP contribution is 2.18. The largest absolute Gasteiger partial charge is 0.422 e. The normalized spacial score (nSPS) is 15.2. The first-order chi connectivity index (χ1) is 14.2. The second kappa shape index (κ2) is 8.99. The molecule has 2 aromatic carbocycles. The average molecular weight is 389 g/mol. The summed E-state index contributed by atoms with van der Waals surface area (Å²) >= 11 is 0. The number of fused-ring (bicyclic) bond motifs is 1. The third-order valence-electron chi connectivity index (χ3n) is 5.09. The molecule has 0 spiro atoms. The van der Waals surface area contributed by atoms with Crippen LogP contribution in [0.3, 0.4) is 0 Å². The topological polar surface area (TPSA) is 59.8 Å². The van der Waals surface area contributed by atoms with Crippen LogP contribution in [-0.2, 0) is 4.74 Å². The lowest BCUT2D eigenvalue weighted by Gasteiger charge is -2.26. The smallest absolute Gasteiger partial charge is 0.347 e. The molecular weight excluding hydrogens is 366 g/mol. The third-order valence-corrected chi connectivity index (χ3v) is 5.09. The molecule has 148 valence electrons. The number of Topliss-reactive ketones (excluding diaryl/α,β-unsaturated/α-hetero) is 1. The number of carbonyl (C=O) groups is 1. The van der Waals surface area contributed by atoms with Crippen LogP contribution in [0, 0.1) is 0 Å². The summed E-state index contributed by atoms with van der Waals surface area (Å²) < 4.78 is 10.8. The molecule has 5 heteroatoms. The Labute approximate surface area is 169 Å². The van der Waals surface area contributed by atoms with E-state index in [1.807, 2.05) is 60.7 Å². The van der Waals surface area contributed by atoms with Gasteiger partial charge in [0.05, 0.1) is 13.2 Å². The van der Waals surface area contributed by atoms with Crippen LogP contribution in [0.5, 0.6) is 0 Å². The summed E-state index contributed by atoms with van der Waals surface area (Å²) in [4.78, 5) is 27.1. The second-order valence-corrected chi connectivity index (χ2v) is 7.12. The Morgan fingerprint density at radius 3 is 2.52 bits per heavy atom. The summed E-state index contributed by atoms with van der Waals surface area (Å²) in [5.41, 5.74) is 2.05. The van der Waals surface area contributed by atoms with E-state index < -0.39 is 5.63 Å². The van der Waals surface area contributed by atoms with Crippen molar-refractivity contribution < 1.29 is 13.9 Å². The predicted molar refractivity (Wildman–Crippen MR) is 114 cm³/mol. The van der Waals surface area contributed by atoms with Crippen LogP contribution in [0.25, 0.3) is 23.1 Å². The van der Waals surface area contributed by atoms with Crippen LogP contribution in [0.4, 0.5) is 0 Å². The van der Waals surface area contributed by atoms with E-state index in [4.69, 9.17) is 9.15 Å². The molecule has 1 fully saturated rings. The molecule has 0 amide bonds. The second-order valence-electron chi connectivity index (χ2n) is 7.12. The molecule has 2 heterocycles. The highest BCUT2D eigenvalue weighted by Gasteiger charge is 2.17. The number of hydrogen-bond acceptors (Lipinski definition) is 5. The van der Waals surface area contributed by atoms with Crippen molar-refractivity contribution in [1.29, 1.82) is 0 Å². The predicted octanol–water partition coefficient (Wildman–Crippen LogP) is 3.87. The first-order valence-electron chi connectivity index (χ1n) is 9.83. The monoisotopic (exact) mass is 389 g/mol. The molecule has 1 aliphatic rings. The Hall–Kier alpha value is -3.02. The number of nitrogens with zero attached hydrogens (tertiary/aromatic N) is 1. The summed E-state index contributed by atoms with van der Waals surface area (Å²) in [5.74, 6) is -0.180. The summed E-state index contributed by atoms with van der Waals surface area (Å²) in [6.45, 7) is 3.64.